The molecule has 0 radical (unpaired) electrons. The van der Waals surface area contributed by atoms with Crippen molar-refractivity contribution in [2.75, 3.05) is 18.4 Å². The van der Waals surface area contributed by atoms with E-state index < -0.39 is 5.41 Å². The van der Waals surface area contributed by atoms with E-state index in [4.69, 9.17) is 4.52 Å². The molecule has 19 heavy (non-hydrogen) atoms. The van der Waals surface area contributed by atoms with Gasteiger partial charge in [0.1, 0.15) is 11.2 Å². The maximum absolute atomic E-state index is 12.4. The quantitative estimate of drug-likeness (QED) is 0.835. The van der Waals surface area contributed by atoms with Gasteiger partial charge in [-0.3, -0.25) is 9.59 Å². The molecule has 1 aliphatic heterocycles. The van der Waals surface area contributed by atoms with E-state index in [1.54, 1.807) is 17.9 Å². The fraction of sp³-hybridized carbons (Fsp3) is 0.615. The van der Waals surface area contributed by atoms with Crippen molar-refractivity contribution < 1.29 is 14.1 Å². The van der Waals surface area contributed by atoms with Crippen LogP contribution >= 0.6 is 0 Å². The Hall–Kier alpha value is -1.85. The molecule has 1 aliphatic carbocycles. The number of hydrogen-bond donors (Lipinski definition) is 1. The zero-order chi connectivity index (χ0) is 13.5. The van der Waals surface area contributed by atoms with E-state index in [-0.39, 0.29) is 11.8 Å². The molecule has 1 aromatic rings. The Morgan fingerprint density at radius 3 is 2.58 bits per heavy atom. The first kappa shape index (κ1) is 12.2. The number of anilines is 1. The molecule has 3 rings (SSSR count). The molecule has 0 unspecified atom stereocenters. The lowest BCUT2D eigenvalue weighted by molar-refractivity contribution is -0.141. The monoisotopic (exact) mass is 263 g/mol. The second-order valence-corrected chi connectivity index (χ2v) is 5.36. The standard InChI is InChI=1S/C13H17N3O3/c1-9-8-10(15-19-9)14-11(17)13(4-5-13)12(18)16-6-2-3-7-16/h8H,2-7H2,1H3,(H,14,15,17). The zero-order valence-electron chi connectivity index (χ0n) is 10.9. The van der Waals surface area contributed by atoms with Gasteiger partial charge in [-0.2, -0.15) is 0 Å². The molecule has 1 saturated carbocycles. The van der Waals surface area contributed by atoms with Crippen molar-refractivity contribution in [3.05, 3.63) is 11.8 Å². The van der Waals surface area contributed by atoms with Crippen molar-refractivity contribution >= 4 is 17.6 Å². The number of hydrogen-bond acceptors (Lipinski definition) is 4. The molecule has 0 atom stereocenters. The number of nitrogens with zero attached hydrogens (tertiary/aromatic N) is 2. The topological polar surface area (TPSA) is 75.4 Å². The van der Waals surface area contributed by atoms with Crippen LogP contribution in [0.25, 0.3) is 0 Å². The van der Waals surface area contributed by atoms with Crippen LogP contribution in [0, 0.1) is 12.3 Å². The molecule has 2 aliphatic rings. The summed E-state index contributed by atoms with van der Waals surface area (Å²) in [7, 11) is 0. The van der Waals surface area contributed by atoms with Gasteiger partial charge < -0.3 is 14.7 Å². The highest BCUT2D eigenvalue weighted by Gasteiger charge is 2.58. The fourth-order valence-electron chi connectivity index (χ4n) is 2.55. The molecule has 1 saturated heterocycles. The maximum atomic E-state index is 12.4. The van der Waals surface area contributed by atoms with Gasteiger partial charge in [-0.25, -0.2) is 0 Å². The molecule has 6 nitrogen and oxygen atoms in total. The van der Waals surface area contributed by atoms with Crippen molar-refractivity contribution in [2.24, 2.45) is 5.41 Å². The SMILES string of the molecule is Cc1cc(NC(=O)C2(C(=O)N3CCCC3)CC2)no1. The van der Waals surface area contributed by atoms with Crippen LogP contribution in [0.4, 0.5) is 5.82 Å². The number of carbonyl (C=O) groups excluding carboxylic acids is 2. The lowest BCUT2D eigenvalue weighted by Crippen LogP contribution is -2.41. The average Bonchev–Trinajstić information content (AvgIpc) is 2.82. The van der Waals surface area contributed by atoms with Crippen LogP contribution in [0.3, 0.4) is 0 Å². The highest BCUT2D eigenvalue weighted by molar-refractivity contribution is 6.12. The van der Waals surface area contributed by atoms with Crippen LogP contribution in [0.1, 0.15) is 31.4 Å². The molecular formula is C13H17N3O3. The molecule has 2 heterocycles. The van der Waals surface area contributed by atoms with Crippen LogP contribution in [-0.2, 0) is 9.59 Å². The van der Waals surface area contributed by atoms with Gasteiger partial charge in [-0.15, -0.1) is 0 Å². The zero-order valence-corrected chi connectivity index (χ0v) is 10.9. The van der Waals surface area contributed by atoms with Crippen molar-refractivity contribution in [2.45, 2.75) is 32.6 Å². The van der Waals surface area contributed by atoms with Gasteiger partial charge in [-0.1, -0.05) is 5.16 Å². The van der Waals surface area contributed by atoms with E-state index in [1.807, 2.05) is 0 Å². The minimum Gasteiger partial charge on any atom is -0.360 e. The van der Waals surface area contributed by atoms with Gasteiger partial charge in [0.25, 0.3) is 0 Å². The van der Waals surface area contributed by atoms with Gasteiger partial charge in [0, 0.05) is 19.2 Å². The Balaban J connectivity index is 1.70. The third kappa shape index (κ3) is 2.11. The lowest BCUT2D eigenvalue weighted by Gasteiger charge is -2.21. The van der Waals surface area contributed by atoms with E-state index in [1.165, 1.54) is 0 Å². The van der Waals surface area contributed by atoms with E-state index in [0.717, 1.165) is 25.9 Å². The summed E-state index contributed by atoms with van der Waals surface area (Å²) in [6.07, 6.45) is 3.33. The summed E-state index contributed by atoms with van der Waals surface area (Å²) in [6, 6.07) is 1.65. The lowest BCUT2D eigenvalue weighted by atomic mass is 10.0. The Morgan fingerprint density at radius 2 is 2.05 bits per heavy atom. The summed E-state index contributed by atoms with van der Waals surface area (Å²) in [5.74, 6) is 0.731. The minimum atomic E-state index is -0.850. The first-order valence-electron chi connectivity index (χ1n) is 6.66. The molecule has 102 valence electrons. The number of carbonyl (C=O) groups is 2. The third-order valence-electron chi connectivity index (χ3n) is 3.86. The number of aromatic nitrogens is 1. The average molecular weight is 263 g/mol. The molecule has 0 aromatic carbocycles. The summed E-state index contributed by atoms with van der Waals surface area (Å²) in [5, 5.41) is 6.40. The predicted octanol–water partition coefficient (Wildman–Crippen LogP) is 1.32. The number of rotatable bonds is 3. The number of aryl methyl sites for hydroxylation is 1. The van der Waals surface area contributed by atoms with E-state index in [0.29, 0.717) is 24.4 Å². The third-order valence-corrected chi connectivity index (χ3v) is 3.86. The molecule has 1 aromatic heterocycles. The molecule has 1 N–H and O–H groups in total. The molecular weight excluding hydrogens is 246 g/mol. The van der Waals surface area contributed by atoms with E-state index >= 15 is 0 Å². The first-order valence-corrected chi connectivity index (χ1v) is 6.66. The normalized spacial score (nSPS) is 20.4. The second-order valence-electron chi connectivity index (χ2n) is 5.36. The second kappa shape index (κ2) is 4.36. The van der Waals surface area contributed by atoms with Gasteiger partial charge >= 0.3 is 0 Å². The van der Waals surface area contributed by atoms with Gasteiger partial charge in [0.05, 0.1) is 0 Å². The molecule has 6 heteroatoms. The first-order chi connectivity index (χ1) is 9.12. The molecule has 0 bridgehead atoms. The summed E-state index contributed by atoms with van der Waals surface area (Å²) in [5.41, 5.74) is -0.850. The van der Waals surface area contributed by atoms with Crippen LogP contribution in [0.2, 0.25) is 0 Å². The summed E-state index contributed by atoms with van der Waals surface area (Å²) in [4.78, 5) is 26.5. The van der Waals surface area contributed by atoms with Gasteiger partial charge in [-0.05, 0) is 32.6 Å². The van der Waals surface area contributed by atoms with Crippen molar-refractivity contribution in [3.8, 4) is 0 Å². The predicted molar refractivity (Wildman–Crippen MR) is 67.4 cm³/mol. The van der Waals surface area contributed by atoms with Gasteiger partial charge in [0.15, 0.2) is 5.82 Å². The highest BCUT2D eigenvalue weighted by Crippen LogP contribution is 2.48. The number of amides is 2. The molecule has 2 fully saturated rings. The van der Waals surface area contributed by atoms with Crippen molar-refractivity contribution in [3.63, 3.8) is 0 Å². The van der Waals surface area contributed by atoms with Crippen LogP contribution in [0.15, 0.2) is 10.6 Å². The highest BCUT2D eigenvalue weighted by atomic mass is 16.5. The Morgan fingerprint density at radius 1 is 1.37 bits per heavy atom. The largest absolute Gasteiger partial charge is 0.360 e. The Bertz CT molecular complexity index is 513. The molecule has 2 amide bonds. The van der Waals surface area contributed by atoms with Crippen molar-refractivity contribution in [1.29, 1.82) is 0 Å². The molecule has 0 spiro atoms. The fourth-order valence-corrected chi connectivity index (χ4v) is 2.55. The smallest absolute Gasteiger partial charge is 0.241 e. The summed E-state index contributed by atoms with van der Waals surface area (Å²) < 4.78 is 4.90. The maximum Gasteiger partial charge on any atom is 0.241 e. The van der Waals surface area contributed by atoms with Crippen LogP contribution in [-0.4, -0.2) is 35.0 Å². The van der Waals surface area contributed by atoms with Crippen LogP contribution < -0.4 is 5.32 Å². The van der Waals surface area contributed by atoms with Crippen molar-refractivity contribution in [1.82, 2.24) is 10.1 Å². The van der Waals surface area contributed by atoms with E-state index in [9.17, 15) is 9.59 Å². The van der Waals surface area contributed by atoms with E-state index in [2.05, 4.69) is 10.5 Å². The minimum absolute atomic E-state index is 0.0253. The summed E-state index contributed by atoms with van der Waals surface area (Å²) in [6.45, 7) is 3.30. The number of likely N-dealkylation sites (tertiary alicyclic amines) is 1. The Labute approximate surface area is 111 Å². The van der Waals surface area contributed by atoms with Gasteiger partial charge in [0.2, 0.25) is 11.8 Å². The summed E-state index contributed by atoms with van der Waals surface area (Å²) >= 11 is 0. The Kier molecular flexibility index (Phi) is 2.80. The van der Waals surface area contributed by atoms with Crippen LogP contribution in [0.5, 0.6) is 0 Å². The number of nitrogens with one attached hydrogen (secondary N) is 1.